The van der Waals surface area contributed by atoms with E-state index in [0.29, 0.717) is 12.2 Å². The highest BCUT2D eigenvalue weighted by atomic mass is 16.5. The lowest BCUT2D eigenvalue weighted by Gasteiger charge is -2.25. The van der Waals surface area contributed by atoms with Crippen molar-refractivity contribution in [3.8, 4) is 6.07 Å². The normalized spacial score (nSPS) is 18.4. The zero-order valence-corrected chi connectivity index (χ0v) is 10.4. The van der Waals surface area contributed by atoms with Gasteiger partial charge in [0.25, 0.3) is 0 Å². The first-order chi connectivity index (χ1) is 8.76. The van der Waals surface area contributed by atoms with Gasteiger partial charge in [-0.15, -0.1) is 0 Å². The van der Waals surface area contributed by atoms with Gasteiger partial charge in [0.2, 0.25) is 0 Å². The number of carbonyl (C=O) groups is 1. The van der Waals surface area contributed by atoms with E-state index in [1.54, 1.807) is 12.1 Å². The van der Waals surface area contributed by atoms with Gasteiger partial charge in [-0.05, 0) is 44.0 Å². The highest BCUT2D eigenvalue weighted by molar-refractivity contribution is 5.80. The minimum absolute atomic E-state index is 0.153. The maximum absolute atomic E-state index is 11.8. The number of anilines is 1. The molecule has 1 aliphatic rings. The van der Waals surface area contributed by atoms with Crippen molar-refractivity contribution in [3.63, 3.8) is 0 Å². The van der Waals surface area contributed by atoms with Crippen molar-refractivity contribution in [1.29, 1.82) is 5.26 Å². The Balaban J connectivity index is 2.15. The number of nitriles is 1. The number of hydrogen-bond donors (Lipinski definition) is 0. The fourth-order valence-corrected chi connectivity index (χ4v) is 2.29. The van der Waals surface area contributed by atoms with Gasteiger partial charge in [0.05, 0.1) is 18.2 Å². The van der Waals surface area contributed by atoms with Crippen LogP contribution >= 0.6 is 0 Å². The van der Waals surface area contributed by atoms with Crippen LogP contribution in [0.2, 0.25) is 0 Å². The molecule has 0 aliphatic carbocycles. The predicted octanol–water partition coefficient (Wildman–Crippen LogP) is 2.09. The van der Waals surface area contributed by atoms with E-state index in [0.717, 1.165) is 25.1 Å². The summed E-state index contributed by atoms with van der Waals surface area (Å²) < 4.78 is 5.09. The van der Waals surface area contributed by atoms with E-state index in [-0.39, 0.29) is 12.0 Å². The van der Waals surface area contributed by atoms with Crippen LogP contribution in [0.25, 0.3) is 0 Å². The number of nitrogens with zero attached hydrogens (tertiary/aromatic N) is 2. The lowest BCUT2D eigenvalue weighted by atomic mass is 10.2. The molecule has 1 aromatic carbocycles. The van der Waals surface area contributed by atoms with Crippen LogP contribution in [0.1, 0.15) is 25.3 Å². The molecule has 2 rings (SSSR count). The van der Waals surface area contributed by atoms with E-state index in [2.05, 4.69) is 11.0 Å². The summed E-state index contributed by atoms with van der Waals surface area (Å²) in [5.41, 5.74) is 1.61. The number of benzene rings is 1. The number of ether oxygens (including phenoxy) is 1. The lowest BCUT2D eigenvalue weighted by molar-refractivity contribution is -0.144. The number of esters is 1. The maximum atomic E-state index is 11.8. The quantitative estimate of drug-likeness (QED) is 0.764. The van der Waals surface area contributed by atoms with Gasteiger partial charge in [0, 0.05) is 12.2 Å². The van der Waals surface area contributed by atoms with Gasteiger partial charge in [-0.3, -0.25) is 0 Å². The molecule has 0 bridgehead atoms. The Bertz CT molecular complexity index is 462. The van der Waals surface area contributed by atoms with E-state index >= 15 is 0 Å². The Labute approximate surface area is 107 Å². The van der Waals surface area contributed by atoms with Crippen LogP contribution < -0.4 is 4.90 Å². The summed E-state index contributed by atoms with van der Waals surface area (Å²) in [5.74, 6) is -0.153. The first kappa shape index (κ1) is 12.4. The average Bonchev–Trinajstić information content (AvgIpc) is 2.88. The number of rotatable bonds is 3. The Kier molecular flexibility index (Phi) is 3.83. The molecule has 94 valence electrons. The summed E-state index contributed by atoms with van der Waals surface area (Å²) in [6.45, 7) is 3.09. The lowest BCUT2D eigenvalue weighted by Crippen LogP contribution is -2.37. The van der Waals surface area contributed by atoms with Gasteiger partial charge >= 0.3 is 5.97 Å². The van der Waals surface area contributed by atoms with E-state index in [4.69, 9.17) is 10.00 Å². The summed E-state index contributed by atoms with van der Waals surface area (Å²) in [5, 5.41) is 8.77. The number of hydrogen-bond acceptors (Lipinski definition) is 4. The molecular weight excluding hydrogens is 228 g/mol. The van der Waals surface area contributed by atoms with E-state index < -0.39 is 0 Å². The molecule has 0 radical (unpaired) electrons. The van der Waals surface area contributed by atoms with Gasteiger partial charge < -0.3 is 9.64 Å². The molecule has 1 fully saturated rings. The third-order valence-corrected chi connectivity index (χ3v) is 3.14. The fourth-order valence-electron chi connectivity index (χ4n) is 2.29. The second-order valence-corrected chi connectivity index (χ2v) is 4.26. The van der Waals surface area contributed by atoms with Gasteiger partial charge in [0.1, 0.15) is 6.04 Å². The standard InChI is InChI=1S/C14H16N2O2/c1-2-18-14(17)13-4-3-9-16(13)12-7-5-11(10-15)6-8-12/h5-8,13H,2-4,9H2,1H3. The molecular formula is C14H16N2O2. The van der Waals surface area contributed by atoms with Crippen molar-refractivity contribution < 1.29 is 9.53 Å². The van der Waals surface area contributed by atoms with Crippen molar-refractivity contribution in [2.45, 2.75) is 25.8 Å². The molecule has 0 saturated carbocycles. The highest BCUT2D eigenvalue weighted by Crippen LogP contribution is 2.26. The second-order valence-electron chi connectivity index (χ2n) is 4.26. The Morgan fingerprint density at radius 2 is 2.22 bits per heavy atom. The fraction of sp³-hybridized carbons (Fsp3) is 0.429. The molecule has 4 nitrogen and oxygen atoms in total. The predicted molar refractivity (Wildman–Crippen MR) is 68.2 cm³/mol. The summed E-state index contributed by atoms with van der Waals surface area (Å²) in [4.78, 5) is 13.9. The van der Waals surface area contributed by atoms with Crippen LogP contribution in [0.5, 0.6) is 0 Å². The van der Waals surface area contributed by atoms with Gasteiger partial charge in [-0.2, -0.15) is 5.26 Å². The van der Waals surface area contributed by atoms with Crippen molar-refractivity contribution in [2.24, 2.45) is 0 Å². The first-order valence-electron chi connectivity index (χ1n) is 6.19. The van der Waals surface area contributed by atoms with Gasteiger partial charge in [-0.1, -0.05) is 0 Å². The molecule has 4 heteroatoms. The van der Waals surface area contributed by atoms with Gasteiger partial charge in [0.15, 0.2) is 0 Å². The van der Waals surface area contributed by atoms with E-state index in [1.165, 1.54) is 0 Å². The summed E-state index contributed by atoms with van der Waals surface area (Å²) in [7, 11) is 0. The zero-order valence-electron chi connectivity index (χ0n) is 10.4. The van der Waals surface area contributed by atoms with Crippen LogP contribution in [-0.2, 0) is 9.53 Å². The molecule has 0 N–H and O–H groups in total. The van der Waals surface area contributed by atoms with Crippen LogP contribution in [0.15, 0.2) is 24.3 Å². The van der Waals surface area contributed by atoms with Crippen LogP contribution in [0, 0.1) is 11.3 Å². The number of carbonyl (C=O) groups excluding carboxylic acids is 1. The Hall–Kier alpha value is -2.02. The van der Waals surface area contributed by atoms with Gasteiger partial charge in [-0.25, -0.2) is 4.79 Å². The zero-order chi connectivity index (χ0) is 13.0. The van der Waals surface area contributed by atoms with Crippen molar-refractivity contribution in [3.05, 3.63) is 29.8 Å². The molecule has 1 heterocycles. The molecule has 1 saturated heterocycles. The molecule has 1 aliphatic heterocycles. The monoisotopic (exact) mass is 244 g/mol. The SMILES string of the molecule is CCOC(=O)C1CCCN1c1ccc(C#N)cc1. The Morgan fingerprint density at radius 3 is 2.83 bits per heavy atom. The van der Waals surface area contributed by atoms with E-state index in [9.17, 15) is 4.79 Å². The van der Waals surface area contributed by atoms with Crippen molar-refractivity contribution >= 4 is 11.7 Å². The van der Waals surface area contributed by atoms with Crippen LogP contribution in [-0.4, -0.2) is 25.2 Å². The molecule has 0 spiro atoms. The molecule has 0 aromatic heterocycles. The summed E-state index contributed by atoms with van der Waals surface area (Å²) >= 11 is 0. The smallest absolute Gasteiger partial charge is 0.328 e. The third kappa shape index (κ3) is 2.45. The van der Waals surface area contributed by atoms with Crippen molar-refractivity contribution in [2.75, 3.05) is 18.1 Å². The Morgan fingerprint density at radius 1 is 1.50 bits per heavy atom. The minimum Gasteiger partial charge on any atom is -0.464 e. The summed E-state index contributed by atoms with van der Waals surface area (Å²) in [6.07, 6.45) is 1.82. The molecule has 0 amide bonds. The third-order valence-electron chi connectivity index (χ3n) is 3.14. The van der Waals surface area contributed by atoms with Crippen LogP contribution in [0.3, 0.4) is 0 Å². The molecule has 1 aromatic rings. The highest BCUT2D eigenvalue weighted by Gasteiger charge is 2.31. The van der Waals surface area contributed by atoms with Crippen molar-refractivity contribution in [1.82, 2.24) is 0 Å². The molecule has 1 atom stereocenters. The molecule has 1 unspecified atom stereocenters. The topological polar surface area (TPSA) is 53.3 Å². The first-order valence-corrected chi connectivity index (χ1v) is 6.19. The summed E-state index contributed by atoms with van der Waals surface area (Å²) in [6, 6.07) is 9.22. The minimum atomic E-state index is -0.183. The average molecular weight is 244 g/mol. The van der Waals surface area contributed by atoms with Crippen LogP contribution in [0.4, 0.5) is 5.69 Å². The second kappa shape index (κ2) is 5.54. The maximum Gasteiger partial charge on any atom is 0.328 e. The molecule has 18 heavy (non-hydrogen) atoms. The largest absolute Gasteiger partial charge is 0.464 e. The van der Waals surface area contributed by atoms with E-state index in [1.807, 2.05) is 19.1 Å².